The van der Waals surface area contributed by atoms with E-state index >= 15 is 0 Å². The van der Waals surface area contributed by atoms with Crippen molar-refractivity contribution in [3.05, 3.63) is 0 Å². The van der Waals surface area contributed by atoms with E-state index in [4.69, 9.17) is 5.73 Å². The Balaban J connectivity index is 1.89. The molecule has 0 atom stereocenters. The Labute approximate surface area is 85.0 Å². The molecule has 1 aliphatic carbocycles. The number of nitrogens with two attached hydrogens (primary N) is 1. The molecule has 0 radical (unpaired) electrons. The minimum Gasteiger partial charge on any atom is -0.330 e. The lowest BCUT2D eigenvalue weighted by molar-refractivity contribution is 0.187. The summed E-state index contributed by atoms with van der Waals surface area (Å²) < 4.78 is 0. The molecule has 80 valence electrons. The van der Waals surface area contributed by atoms with Gasteiger partial charge in [0.25, 0.3) is 0 Å². The molecule has 0 aromatic rings. The van der Waals surface area contributed by atoms with E-state index in [-0.39, 0.29) is 6.03 Å². The Morgan fingerprint density at radius 1 is 1.43 bits per heavy atom. The third-order valence-corrected chi connectivity index (χ3v) is 3.46. The second-order valence-electron chi connectivity index (χ2n) is 4.66. The molecule has 0 bridgehead atoms. The fourth-order valence-electron chi connectivity index (χ4n) is 2.23. The van der Waals surface area contributed by atoms with E-state index in [1.807, 2.05) is 11.9 Å². The van der Waals surface area contributed by atoms with Crippen LogP contribution in [0.4, 0.5) is 4.79 Å². The molecule has 1 aliphatic heterocycles. The fourth-order valence-corrected chi connectivity index (χ4v) is 2.23. The molecule has 2 fully saturated rings. The van der Waals surface area contributed by atoms with Crippen LogP contribution < -0.4 is 5.73 Å². The molecule has 1 saturated carbocycles. The number of carbonyl (C=O) groups excluding carboxylic acids is 1. The first-order valence-corrected chi connectivity index (χ1v) is 5.37. The average Bonchev–Trinajstić information content (AvgIpc) is 2.85. The van der Waals surface area contributed by atoms with E-state index in [2.05, 4.69) is 0 Å². The molecule has 1 saturated heterocycles. The first-order chi connectivity index (χ1) is 6.67. The van der Waals surface area contributed by atoms with Crippen LogP contribution in [-0.4, -0.2) is 49.1 Å². The highest BCUT2D eigenvalue weighted by Gasteiger charge is 2.45. The van der Waals surface area contributed by atoms with Crippen LogP contribution in [-0.2, 0) is 0 Å². The van der Waals surface area contributed by atoms with Crippen LogP contribution in [0, 0.1) is 5.41 Å². The molecular formula is C10H19N3O. The van der Waals surface area contributed by atoms with E-state index in [0.29, 0.717) is 5.41 Å². The molecule has 0 aromatic heterocycles. The normalized spacial score (nSPS) is 24.6. The van der Waals surface area contributed by atoms with Crippen molar-refractivity contribution in [1.29, 1.82) is 0 Å². The zero-order valence-electron chi connectivity index (χ0n) is 8.83. The average molecular weight is 197 g/mol. The highest BCUT2D eigenvalue weighted by Crippen LogP contribution is 2.49. The van der Waals surface area contributed by atoms with Gasteiger partial charge in [-0.1, -0.05) is 0 Å². The third-order valence-electron chi connectivity index (χ3n) is 3.46. The Kier molecular flexibility index (Phi) is 2.39. The molecule has 14 heavy (non-hydrogen) atoms. The highest BCUT2D eigenvalue weighted by atomic mass is 16.2. The minimum absolute atomic E-state index is 0.188. The van der Waals surface area contributed by atoms with Crippen LogP contribution in [0.1, 0.15) is 19.3 Å². The van der Waals surface area contributed by atoms with Gasteiger partial charge in [-0.3, -0.25) is 0 Å². The number of amides is 2. The lowest BCUT2D eigenvalue weighted by Gasteiger charge is -2.22. The van der Waals surface area contributed by atoms with Crippen LogP contribution >= 0.6 is 0 Å². The van der Waals surface area contributed by atoms with E-state index in [1.54, 1.807) is 4.90 Å². The highest BCUT2D eigenvalue weighted by molar-refractivity contribution is 5.76. The first kappa shape index (κ1) is 9.77. The summed E-state index contributed by atoms with van der Waals surface area (Å²) >= 11 is 0. The van der Waals surface area contributed by atoms with Gasteiger partial charge >= 0.3 is 6.03 Å². The molecule has 2 N–H and O–H groups in total. The van der Waals surface area contributed by atoms with Crippen molar-refractivity contribution in [2.45, 2.75) is 19.3 Å². The number of hydrogen-bond acceptors (Lipinski definition) is 2. The molecular weight excluding hydrogens is 178 g/mol. The predicted octanol–water partition coefficient (Wildman–Crippen LogP) is 0.483. The van der Waals surface area contributed by atoms with Gasteiger partial charge in [0.1, 0.15) is 0 Å². The zero-order valence-corrected chi connectivity index (χ0v) is 8.83. The summed E-state index contributed by atoms with van der Waals surface area (Å²) in [5.74, 6) is 0. The Bertz CT molecular complexity index is 238. The van der Waals surface area contributed by atoms with Crippen LogP contribution in [0.25, 0.3) is 0 Å². The van der Waals surface area contributed by atoms with E-state index in [0.717, 1.165) is 32.6 Å². The number of urea groups is 1. The maximum Gasteiger partial charge on any atom is 0.319 e. The Morgan fingerprint density at radius 3 is 2.57 bits per heavy atom. The minimum atomic E-state index is 0.188. The van der Waals surface area contributed by atoms with Gasteiger partial charge in [-0.05, 0) is 31.2 Å². The first-order valence-electron chi connectivity index (χ1n) is 5.37. The van der Waals surface area contributed by atoms with Crippen molar-refractivity contribution >= 4 is 6.03 Å². The van der Waals surface area contributed by atoms with Crippen LogP contribution in [0.5, 0.6) is 0 Å². The second kappa shape index (κ2) is 3.42. The van der Waals surface area contributed by atoms with Crippen molar-refractivity contribution in [2.75, 3.05) is 33.2 Å². The molecule has 4 nitrogen and oxygen atoms in total. The van der Waals surface area contributed by atoms with Gasteiger partial charge in [0, 0.05) is 26.7 Å². The Morgan fingerprint density at radius 2 is 2.14 bits per heavy atom. The predicted molar refractivity (Wildman–Crippen MR) is 54.9 cm³/mol. The SMILES string of the molecule is CN1CCN(CC2(CCN)CC2)C1=O. The topological polar surface area (TPSA) is 49.6 Å². The summed E-state index contributed by atoms with van der Waals surface area (Å²) in [5.41, 5.74) is 5.96. The second-order valence-corrected chi connectivity index (χ2v) is 4.66. The molecule has 4 heteroatoms. The molecule has 1 heterocycles. The maximum absolute atomic E-state index is 11.6. The maximum atomic E-state index is 11.6. The molecule has 2 aliphatic rings. The fraction of sp³-hybridized carbons (Fsp3) is 0.900. The summed E-state index contributed by atoms with van der Waals surface area (Å²) in [6.07, 6.45) is 3.57. The Hall–Kier alpha value is -0.770. The summed E-state index contributed by atoms with van der Waals surface area (Å²) in [4.78, 5) is 15.4. The van der Waals surface area contributed by atoms with Crippen LogP contribution in [0.2, 0.25) is 0 Å². The summed E-state index contributed by atoms with van der Waals surface area (Å²) in [6.45, 7) is 3.43. The molecule has 2 rings (SSSR count). The lowest BCUT2D eigenvalue weighted by Crippen LogP contribution is -2.35. The van der Waals surface area contributed by atoms with Gasteiger partial charge in [0.2, 0.25) is 0 Å². The van der Waals surface area contributed by atoms with Gasteiger partial charge in [-0.2, -0.15) is 0 Å². The van der Waals surface area contributed by atoms with E-state index < -0.39 is 0 Å². The van der Waals surface area contributed by atoms with Crippen molar-refractivity contribution in [3.63, 3.8) is 0 Å². The van der Waals surface area contributed by atoms with E-state index in [9.17, 15) is 4.79 Å². The van der Waals surface area contributed by atoms with Gasteiger partial charge in [-0.15, -0.1) is 0 Å². The number of rotatable bonds is 4. The number of nitrogens with zero attached hydrogens (tertiary/aromatic N) is 2. The standard InChI is InChI=1S/C10H19N3O/c1-12-6-7-13(9(12)14)8-10(2-3-10)4-5-11/h2-8,11H2,1H3. The third kappa shape index (κ3) is 1.71. The van der Waals surface area contributed by atoms with Gasteiger partial charge in [0.05, 0.1) is 0 Å². The molecule has 2 amide bonds. The largest absolute Gasteiger partial charge is 0.330 e. The molecule has 0 unspecified atom stereocenters. The number of carbonyl (C=O) groups is 1. The van der Waals surface area contributed by atoms with Crippen molar-refractivity contribution in [3.8, 4) is 0 Å². The van der Waals surface area contributed by atoms with Crippen molar-refractivity contribution < 1.29 is 4.79 Å². The molecule has 0 aromatic carbocycles. The number of likely N-dealkylation sites (N-methyl/N-ethyl adjacent to an activating group) is 1. The monoisotopic (exact) mass is 197 g/mol. The van der Waals surface area contributed by atoms with Crippen molar-refractivity contribution in [1.82, 2.24) is 9.80 Å². The van der Waals surface area contributed by atoms with Crippen molar-refractivity contribution in [2.24, 2.45) is 11.1 Å². The summed E-state index contributed by atoms with van der Waals surface area (Å²) in [7, 11) is 1.87. The van der Waals surface area contributed by atoms with Gasteiger partial charge < -0.3 is 15.5 Å². The molecule has 0 spiro atoms. The smallest absolute Gasteiger partial charge is 0.319 e. The quantitative estimate of drug-likeness (QED) is 0.712. The van der Waals surface area contributed by atoms with Gasteiger partial charge in [0.15, 0.2) is 0 Å². The van der Waals surface area contributed by atoms with Gasteiger partial charge in [-0.25, -0.2) is 4.79 Å². The van der Waals surface area contributed by atoms with Crippen LogP contribution in [0.15, 0.2) is 0 Å². The van der Waals surface area contributed by atoms with Crippen LogP contribution in [0.3, 0.4) is 0 Å². The zero-order chi connectivity index (χ0) is 10.2. The summed E-state index contributed by atoms with van der Waals surface area (Å²) in [5, 5.41) is 0. The van der Waals surface area contributed by atoms with E-state index in [1.165, 1.54) is 12.8 Å². The summed E-state index contributed by atoms with van der Waals surface area (Å²) in [6, 6.07) is 0.188. The number of hydrogen-bond donors (Lipinski definition) is 1. The lowest BCUT2D eigenvalue weighted by atomic mass is 10.0.